The highest BCUT2D eigenvalue weighted by Gasteiger charge is 2.11. The van der Waals surface area contributed by atoms with Crippen molar-refractivity contribution >= 4 is 57.6 Å². The van der Waals surface area contributed by atoms with Crippen molar-refractivity contribution in [3.63, 3.8) is 0 Å². The first-order valence-electron chi connectivity index (χ1n) is 5.91. The molecule has 8 heteroatoms. The number of hydrogen-bond acceptors (Lipinski definition) is 4. The lowest BCUT2D eigenvalue weighted by molar-refractivity contribution is 0.508. The molecule has 0 amide bonds. The van der Waals surface area contributed by atoms with Gasteiger partial charge in [0, 0.05) is 23.3 Å². The fourth-order valence-corrected chi connectivity index (χ4v) is 2.94. The van der Waals surface area contributed by atoms with Gasteiger partial charge in [0.15, 0.2) is 0 Å². The second kappa shape index (κ2) is 7.42. The number of thiocarbonyl (C=S) groups is 1. The summed E-state index contributed by atoms with van der Waals surface area (Å²) in [6.45, 7) is 0. The van der Waals surface area contributed by atoms with Crippen LogP contribution in [0.3, 0.4) is 0 Å². The van der Waals surface area contributed by atoms with Crippen molar-refractivity contribution in [1.82, 2.24) is 0 Å². The van der Waals surface area contributed by atoms with Crippen LogP contribution in [0.2, 0.25) is 5.02 Å². The maximum Gasteiger partial charge on any atom is 0.104 e. The highest BCUT2D eigenvalue weighted by molar-refractivity contribution is 8.11. The molecular weight excluding hydrogens is 350 g/mol. The first-order valence-corrected chi connectivity index (χ1v) is 8.22. The van der Waals surface area contributed by atoms with Gasteiger partial charge in [-0.15, -0.1) is 12.6 Å². The van der Waals surface area contributed by atoms with E-state index >= 15 is 0 Å². The van der Waals surface area contributed by atoms with E-state index in [1.54, 1.807) is 18.4 Å². The molecule has 1 N–H and O–H groups in total. The number of hydrogen-bond donors (Lipinski definition) is 2. The van der Waals surface area contributed by atoms with Gasteiger partial charge in [-0.25, -0.2) is 0 Å². The summed E-state index contributed by atoms with van der Waals surface area (Å²) in [5.41, 5.74) is 1.84. The maximum absolute atomic E-state index is 10.7. The van der Waals surface area contributed by atoms with Crippen molar-refractivity contribution in [3.8, 4) is 0 Å². The van der Waals surface area contributed by atoms with Crippen LogP contribution in [0, 0.1) is 0 Å². The minimum absolute atomic E-state index is 0.276. The van der Waals surface area contributed by atoms with Crippen LogP contribution in [-0.2, 0) is 24.1 Å². The molecule has 0 spiro atoms. The van der Waals surface area contributed by atoms with E-state index in [9.17, 15) is 8.76 Å². The minimum Gasteiger partial charge on any atom is -0.755 e. The molecule has 1 aromatic carbocycles. The second-order valence-corrected chi connectivity index (χ2v) is 6.45. The number of halogens is 1. The van der Waals surface area contributed by atoms with Crippen LogP contribution in [0.5, 0.6) is 0 Å². The summed E-state index contributed by atoms with van der Waals surface area (Å²) in [6.07, 6.45) is 2.96. The van der Waals surface area contributed by atoms with Gasteiger partial charge >= 0.3 is 0 Å². The molecule has 0 aliphatic carbocycles. The summed E-state index contributed by atoms with van der Waals surface area (Å²) in [5.74, 6) is 0.852. The third kappa shape index (κ3) is 4.55. The smallest absolute Gasteiger partial charge is 0.104 e. The van der Waals surface area contributed by atoms with Gasteiger partial charge in [-0.1, -0.05) is 23.8 Å². The lowest BCUT2D eigenvalue weighted by atomic mass is 10.0. The summed E-state index contributed by atoms with van der Waals surface area (Å²) in [4.78, 5) is 0. The number of aryl methyl sites for hydroxylation is 2. The molecular formula is C13H11ClNO3S3-. The van der Waals surface area contributed by atoms with E-state index in [2.05, 4.69) is 17.4 Å². The maximum atomic E-state index is 10.7. The molecule has 1 unspecified atom stereocenters. The van der Waals surface area contributed by atoms with Crippen molar-refractivity contribution in [3.05, 3.63) is 52.4 Å². The van der Waals surface area contributed by atoms with Gasteiger partial charge in [0.2, 0.25) is 0 Å². The normalized spacial score (nSPS) is 12.1. The quantitative estimate of drug-likeness (QED) is 0.470. The van der Waals surface area contributed by atoms with Crippen molar-refractivity contribution in [2.75, 3.05) is 4.72 Å². The summed E-state index contributed by atoms with van der Waals surface area (Å²) in [7, 11) is 0. The van der Waals surface area contributed by atoms with E-state index in [0.717, 1.165) is 11.3 Å². The minimum atomic E-state index is -2.45. The lowest BCUT2D eigenvalue weighted by Crippen LogP contribution is -2.06. The molecule has 1 aromatic heterocycles. The van der Waals surface area contributed by atoms with Crippen molar-refractivity contribution in [2.24, 2.45) is 0 Å². The molecule has 1 heterocycles. The Hall–Kier alpha value is -0.860. The number of nitrogens with one attached hydrogen (secondary N) is 1. The van der Waals surface area contributed by atoms with Gasteiger partial charge in [0.25, 0.3) is 0 Å². The van der Waals surface area contributed by atoms with Crippen molar-refractivity contribution < 1.29 is 13.2 Å². The van der Waals surface area contributed by atoms with Crippen LogP contribution >= 0.6 is 36.4 Å². The predicted molar refractivity (Wildman–Crippen MR) is 90.8 cm³/mol. The van der Waals surface area contributed by atoms with Crippen LogP contribution in [0.25, 0.3) is 0 Å². The zero-order valence-electron chi connectivity index (χ0n) is 10.7. The zero-order valence-corrected chi connectivity index (χ0v) is 14.0. The number of rotatable bonds is 6. The van der Waals surface area contributed by atoms with Crippen LogP contribution in [0.1, 0.15) is 16.9 Å². The van der Waals surface area contributed by atoms with E-state index in [-0.39, 0.29) is 5.69 Å². The number of furan rings is 1. The average Bonchev–Trinajstić information content (AvgIpc) is 2.91. The first-order chi connectivity index (χ1) is 9.97. The van der Waals surface area contributed by atoms with Gasteiger partial charge in [-0.3, -0.25) is 4.21 Å². The van der Waals surface area contributed by atoms with E-state index < -0.39 is 11.3 Å². The zero-order chi connectivity index (χ0) is 15.4. The molecule has 1 atom stereocenters. The summed E-state index contributed by atoms with van der Waals surface area (Å²) in [6, 6.07) is 6.99. The van der Waals surface area contributed by atoms with E-state index in [1.165, 1.54) is 0 Å². The Bertz CT molecular complexity index is 674. The number of anilines is 1. The van der Waals surface area contributed by atoms with Gasteiger partial charge in [-0.2, -0.15) is 0 Å². The third-order valence-electron chi connectivity index (χ3n) is 2.84. The van der Waals surface area contributed by atoms with Gasteiger partial charge in [0.05, 0.1) is 21.2 Å². The standard InChI is InChI=1S/C13H12ClNO3S3/c14-11-6-8(3-4-9-2-1-5-18-9)10(13(19)20)7-12(11)15-21(16)17/h1-2,5-7,15H,3-4H2,(H,16,17)(H,19,20)/p-1. The van der Waals surface area contributed by atoms with Gasteiger partial charge in [0.1, 0.15) is 5.76 Å². The summed E-state index contributed by atoms with van der Waals surface area (Å²) >= 11 is 12.9. The molecule has 0 saturated heterocycles. The van der Waals surface area contributed by atoms with Crippen molar-refractivity contribution in [1.29, 1.82) is 0 Å². The molecule has 0 fully saturated rings. The van der Waals surface area contributed by atoms with Crippen LogP contribution in [0.15, 0.2) is 34.9 Å². The molecule has 112 valence electrons. The molecule has 21 heavy (non-hydrogen) atoms. The largest absolute Gasteiger partial charge is 0.755 e. The molecule has 0 bridgehead atoms. The van der Waals surface area contributed by atoms with Crippen LogP contribution in [0.4, 0.5) is 5.69 Å². The molecule has 0 radical (unpaired) electrons. The van der Waals surface area contributed by atoms with E-state index in [4.69, 9.17) is 28.2 Å². The summed E-state index contributed by atoms with van der Waals surface area (Å²) < 4.78 is 29.4. The Labute approximate surface area is 140 Å². The second-order valence-electron chi connectivity index (χ2n) is 4.21. The highest BCUT2D eigenvalue weighted by atomic mass is 35.5. The van der Waals surface area contributed by atoms with Gasteiger partial charge in [-0.05, 0) is 36.2 Å². The third-order valence-corrected chi connectivity index (χ3v) is 4.00. The molecule has 4 nitrogen and oxygen atoms in total. The molecule has 0 aliphatic rings. The molecule has 2 aromatic rings. The number of thiol groups is 1. The highest BCUT2D eigenvalue weighted by Crippen LogP contribution is 2.28. The van der Waals surface area contributed by atoms with E-state index in [0.29, 0.717) is 27.6 Å². The Morgan fingerprint density at radius 3 is 2.81 bits per heavy atom. The lowest BCUT2D eigenvalue weighted by Gasteiger charge is -2.15. The van der Waals surface area contributed by atoms with Crippen molar-refractivity contribution in [2.45, 2.75) is 12.8 Å². The van der Waals surface area contributed by atoms with Gasteiger partial charge < -0.3 is 13.7 Å². The molecule has 0 aliphatic heterocycles. The fourth-order valence-electron chi connectivity index (χ4n) is 1.90. The Morgan fingerprint density at radius 2 is 2.24 bits per heavy atom. The fraction of sp³-hybridized carbons (Fsp3) is 0.154. The van der Waals surface area contributed by atoms with Crippen LogP contribution in [-0.4, -0.2) is 13.0 Å². The molecule has 0 saturated carbocycles. The SMILES string of the molecule is O=S([O-])Nc1cc(C(=S)S)c(CCc2ccco2)cc1Cl. The first kappa shape index (κ1) is 16.5. The Kier molecular flexibility index (Phi) is 5.83. The summed E-state index contributed by atoms with van der Waals surface area (Å²) in [5, 5.41) is 0.307. The Balaban J connectivity index is 2.29. The van der Waals surface area contributed by atoms with Crippen LogP contribution < -0.4 is 4.72 Å². The molecule has 2 rings (SSSR count). The average molecular weight is 361 g/mol. The topological polar surface area (TPSA) is 65.3 Å². The monoisotopic (exact) mass is 360 g/mol. The number of benzene rings is 1. The predicted octanol–water partition coefficient (Wildman–Crippen LogP) is 3.53. The Morgan fingerprint density at radius 1 is 1.48 bits per heavy atom. The van der Waals surface area contributed by atoms with E-state index in [1.807, 2.05) is 12.1 Å².